The van der Waals surface area contributed by atoms with Gasteiger partial charge in [-0.2, -0.15) is 4.57 Å². The molecule has 0 bridgehead atoms. The van der Waals surface area contributed by atoms with Crippen LogP contribution >= 0.6 is 22.9 Å². The Hall–Kier alpha value is -2.57. The van der Waals surface area contributed by atoms with Crippen molar-refractivity contribution in [2.75, 3.05) is 18.5 Å². The number of hydrogen-bond donors (Lipinski definition) is 1. The topological polar surface area (TPSA) is 51.4 Å². The summed E-state index contributed by atoms with van der Waals surface area (Å²) in [6.07, 6.45) is 17.8. The number of hydrogen-bond acceptors (Lipinski definition) is 4. The number of aryl methyl sites for hydroxylation is 1. The van der Waals surface area contributed by atoms with Gasteiger partial charge in [-0.15, -0.1) is 0 Å². The summed E-state index contributed by atoms with van der Waals surface area (Å²) in [4.78, 5) is 12.7. The first-order valence-electron chi connectivity index (χ1n) is 14.9. The maximum Gasteiger partial charge on any atom is 0.262 e. The Balaban J connectivity index is 1.33. The third-order valence-corrected chi connectivity index (χ3v) is 8.19. The van der Waals surface area contributed by atoms with Crippen molar-refractivity contribution in [1.29, 1.82) is 0 Å². The Bertz CT molecular complexity index is 1150. The van der Waals surface area contributed by atoms with Crippen LogP contribution in [0.25, 0.3) is 0 Å². The van der Waals surface area contributed by atoms with Crippen molar-refractivity contribution in [2.24, 2.45) is 0 Å². The zero-order valence-electron chi connectivity index (χ0n) is 24.3. The lowest BCUT2D eigenvalue weighted by Crippen LogP contribution is -2.34. The molecule has 0 saturated carbocycles. The minimum Gasteiger partial charge on any atom is -0.492 e. The third-order valence-electron chi connectivity index (χ3n) is 7.04. The van der Waals surface area contributed by atoms with Gasteiger partial charge >= 0.3 is 0 Å². The molecule has 7 heteroatoms. The van der Waals surface area contributed by atoms with Gasteiger partial charge in [0.2, 0.25) is 5.01 Å². The molecule has 3 rings (SSSR count). The molecule has 0 radical (unpaired) electrons. The molecule has 1 aromatic heterocycles. The fourth-order valence-corrected chi connectivity index (χ4v) is 5.48. The molecule has 40 heavy (non-hydrogen) atoms. The quantitative estimate of drug-likeness (QED) is 0.106. The average Bonchev–Trinajstić information content (AvgIpc) is 3.36. The van der Waals surface area contributed by atoms with Crippen LogP contribution in [0.15, 0.2) is 54.0 Å². The number of unbranched alkanes of at least 4 members (excludes halogenated alkanes) is 11. The van der Waals surface area contributed by atoms with Gasteiger partial charge in [0, 0.05) is 18.6 Å². The molecule has 1 amide bonds. The van der Waals surface area contributed by atoms with E-state index in [0.717, 1.165) is 24.1 Å². The molecule has 218 valence electrons. The summed E-state index contributed by atoms with van der Waals surface area (Å²) in [5.41, 5.74) is 1.83. The highest BCUT2D eigenvalue weighted by Crippen LogP contribution is 2.29. The average molecular weight is 586 g/mol. The molecule has 0 saturated heterocycles. The fraction of sp³-hybridized carbons (Fsp3) is 0.515. The van der Waals surface area contributed by atoms with Gasteiger partial charge in [-0.1, -0.05) is 119 Å². The standard InChI is InChI=1S/C33H45ClN2O3S/c1-3-4-5-6-7-8-9-10-11-12-13-16-22-38-32-24-29(19-20-30(32)34)39-26-33(37)35-31-18-15-14-17-28(31)25-36-21-23-40-27(36)2/h14-15,17-21,23-24H,3-13,16,22,25-26H2,1-2H3/p+1. The fourth-order valence-electron chi connectivity index (χ4n) is 4.65. The van der Waals surface area contributed by atoms with E-state index < -0.39 is 0 Å². The Labute approximate surface area is 249 Å². The molecule has 5 nitrogen and oxygen atoms in total. The van der Waals surface area contributed by atoms with Crippen LogP contribution in [-0.4, -0.2) is 19.1 Å². The SMILES string of the molecule is CCCCCCCCCCCCCCOc1cc(OCC(=O)Nc2ccccc2C[n+]2ccsc2C)ccc1Cl. The zero-order valence-corrected chi connectivity index (χ0v) is 25.8. The number of aromatic nitrogens is 1. The number of benzene rings is 2. The van der Waals surface area contributed by atoms with E-state index in [1.54, 1.807) is 29.5 Å². The number of nitrogens with zero attached hydrogens (tertiary/aromatic N) is 1. The smallest absolute Gasteiger partial charge is 0.262 e. The van der Waals surface area contributed by atoms with Crippen LogP contribution in [0, 0.1) is 6.92 Å². The number of rotatable bonds is 20. The predicted octanol–water partition coefficient (Wildman–Crippen LogP) is 9.14. The van der Waals surface area contributed by atoms with Crippen molar-refractivity contribution >= 4 is 34.5 Å². The van der Waals surface area contributed by atoms with E-state index in [1.807, 2.05) is 24.3 Å². The summed E-state index contributed by atoms with van der Waals surface area (Å²) in [5.74, 6) is 0.937. The minimum absolute atomic E-state index is 0.0984. The molecule has 0 spiro atoms. The molecule has 1 N–H and O–H groups in total. The Morgan fingerprint density at radius 1 is 0.900 bits per heavy atom. The number of nitrogens with one attached hydrogen (secondary N) is 1. The lowest BCUT2D eigenvalue weighted by molar-refractivity contribution is -0.689. The van der Waals surface area contributed by atoms with Crippen LogP contribution in [0.4, 0.5) is 5.69 Å². The summed E-state index contributed by atoms with van der Waals surface area (Å²) in [5, 5.41) is 6.81. The number of ether oxygens (including phenoxy) is 2. The first-order valence-corrected chi connectivity index (χ1v) is 16.2. The van der Waals surface area contributed by atoms with E-state index in [2.05, 4.69) is 35.3 Å². The number of anilines is 1. The van der Waals surface area contributed by atoms with Crippen LogP contribution in [0.3, 0.4) is 0 Å². The molecule has 0 fully saturated rings. The first kappa shape index (κ1) is 32.0. The maximum absolute atomic E-state index is 12.7. The highest BCUT2D eigenvalue weighted by atomic mass is 35.5. The molecule has 0 aliphatic rings. The molecular formula is C33H46ClN2O3S+. The number of carbonyl (C=O) groups is 1. The van der Waals surface area contributed by atoms with Crippen molar-refractivity contribution in [3.05, 3.63) is 69.6 Å². The van der Waals surface area contributed by atoms with E-state index in [4.69, 9.17) is 21.1 Å². The second-order valence-electron chi connectivity index (χ2n) is 10.4. The van der Waals surface area contributed by atoms with Gasteiger partial charge in [-0.3, -0.25) is 4.79 Å². The van der Waals surface area contributed by atoms with Crippen molar-refractivity contribution < 1.29 is 18.8 Å². The maximum atomic E-state index is 12.7. The Kier molecular flexibility index (Phi) is 15.0. The predicted molar refractivity (Wildman–Crippen MR) is 167 cm³/mol. The van der Waals surface area contributed by atoms with Crippen molar-refractivity contribution in [1.82, 2.24) is 0 Å². The number of halogens is 1. The van der Waals surface area contributed by atoms with Crippen molar-refractivity contribution in [3.63, 3.8) is 0 Å². The number of carbonyl (C=O) groups excluding carboxylic acids is 1. The van der Waals surface area contributed by atoms with Gasteiger partial charge in [0.05, 0.1) is 22.7 Å². The van der Waals surface area contributed by atoms with Gasteiger partial charge in [0.15, 0.2) is 19.3 Å². The second kappa shape index (κ2) is 18.7. The molecule has 0 aliphatic carbocycles. The largest absolute Gasteiger partial charge is 0.492 e. The van der Waals surface area contributed by atoms with E-state index >= 15 is 0 Å². The van der Waals surface area contributed by atoms with Gasteiger partial charge < -0.3 is 14.8 Å². The van der Waals surface area contributed by atoms with E-state index in [9.17, 15) is 4.79 Å². The minimum atomic E-state index is -0.214. The van der Waals surface area contributed by atoms with Crippen LogP contribution in [0.1, 0.15) is 94.5 Å². The molecule has 3 aromatic rings. The number of para-hydroxylation sites is 1. The van der Waals surface area contributed by atoms with E-state index in [0.29, 0.717) is 29.7 Å². The lowest BCUT2D eigenvalue weighted by Gasteiger charge is -2.12. The number of amides is 1. The van der Waals surface area contributed by atoms with Gasteiger partial charge in [-0.05, 0) is 24.6 Å². The van der Waals surface area contributed by atoms with Crippen molar-refractivity contribution in [3.8, 4) is 11.5 Å². The summed E-state index contributed by atoms with van der Waals surface area (Å²) in [6.45, 7) is 5.58. The summed E-state index contributed by atoms with van der Waals surface area (Å²) in [7, 11) is 0. The van der Waals surface area contributed by atoms with Crippen LogP contribution in [0.5, 0.6) is 11.5 Å². The van der Waals surface area contributed by atoms with E-state index in [1.165, 1.54) is 69.2 Å². The van der Waals surface area contributed by atoms with Crippen LogP contribution in [0.2, 0.25) is 5.02 Å². The summed E-state index contributed by atoms with van der Waals surface area (Å²) < 4.78 is 13.9. The molecule has 1 heterocycles. The Morgan fingerprint density at radius 2 is 1.57 bits per heavy atom. The highest BCUT2D eigenvalue weighted by Gasteiger charge is 2.14. The van der Waals surface area contributed by atoms with Gasteiger partial charge in [0.25, 0.3) is 5.91 Å². The first-order chi connectivity index (χ1) is 19.6. The molecule has 0 aliphatic heterocycles. The van der Waals surface area contributed by atoms with Gasteiger partial charge in [-0.25, -0.2) is 0 Å². The zero-order chi connectivity index (χ0) is 28.4. The lowest BCUT2D eigenvalue weighted by atomic mass is 10.1. The van der Waals surface area contributed by atoms with Crippen LogP contribution < -0.4 is 19.4 Å². The van der Waals surface area contributed by atoms with E-state index in [-0.39, 0.29) is 12.5 Å². The summed E-state index contributed by atoms with van der Waals surface area (Å²) >= 11 is 8.04. The molecule has 0 unspecified atom stereocenters. The second-order valence-corrected chi connectivity index (χ2v) is 11.9. The molecular weight excluding hydrogens is 540 g/mol. The third kappa shape index (κ3) is 11.9. The summed E-state index contributed by atoms with van der Waals surface area (Å²) in [6, 6.07) is 13.1. The van der Waals surface area contributed by atoms with Crippen molar-refractivity contribution in [2.45, 2.75) is 97.4 Å². The normalized spacial score (nSPS) is 11.0. The highest BCUT2D eigenvalue weighted by molar-refractivity contribution is 7.09. The van der Waals surface area contributed by atoms with Gasteiger partial charge in [0.1, 0.15) is 11.5 Å². The Morgan fingerprint density at radius 3 is 2.25 bits per heavy atom. The number of thiazole rings is 1. The molecule has 0 atom stereocenters. The molecule has 2 aromatic carbocycles. The monoisotopic (exact) mass is 585 g/mol. The van der Waals surface area contributed by atoms with Crippen LogP contribution in [-0.2, 0) is 11.3 Å².